The summed E-state index contributed by atoms with van der Waals surface area (Å²) in [6.07, 6.45) is 2.30. The molecule has 0 atom stereocenters. The van der Waals surface area contributed by atoms with Gasteiger partial charge in [-0.1, -0.05) is 42.5 Å². The largest absolute Gasteiger partial charge is 0.492 e. The molecule has 6 heteroatoms. The van der Waals surface area contributed by atoms with Gasteiger partial charge in [0.2, 0.25) is 0 Å². The average Bonchev–Trinajstić information content (AvgIpc) is 3.24. The highest BCUT2D eigenvalue weighted by Crippen LogP contribution is 2.27. The topological polar surface area (TPSA) is 70.6 Å². The van der Waals surface area contributed by atoms with Crippen molar-refractivity contribution in [2.75, 3.05) is 26.2 Å². The monoisotopic (exact) mass is 443 g/mol. The normalized spacial score (nSPS) is 16.0. The SMILES string of the molecule is OC1(Cc2ccccc2)CCN(CCOc2ccc(Oc3nc4ccccc4[nH]3)cc2)CC1. The second-order valence-electron chi connectivity index (χ2n) is 8.71. The van der Waals surface area contributed by atoms with Crippen LogP contribution in [0.3, 0.4) is 0 Å². The van der Waals surface area contributed by atoms with Gasteiger partial charge in [-0.3, -0.25) is 4.90 Å². The minimum Gasteiger partial charge on any atom is -0.492 e. The summed E-state index contributed by atoms with van der Waals surface area (Å²) >= 11 is 0. The second kappa shape index (κ2) is 9.65. The third kappa shape index (κ3) is 5.53. The average molecular weight is 444 g/mol. The molecule has 2 heterocycles. The maximum atomic E-state index is 10.9. The minimum absolute atomic E-state index is 0.474. The van der Waals surface area contributed by atoms with E-state index in [1.807, 2.05) is 66.7 Å². The van der Waals surface area contributed by atoms with Crippen molar-refractivity contribution >= 4 is 11.0 Å². The van der Waals surface area contributed by atoms with Gasteiger partial charge in [-0.05, 0) is 54.8 Å². The Morgan fingerprint density at radius 1 is 0.879 bits per heavy atom. The Balaban J connectivity index is 1.06. The van der Waals surface area contributed by atoms with E-state index in [0.717, 1.165) is 55.7 Å². The van der Waals surface area contributed by atoms with Crippen LogP contribution in [0.1, 0.15) is 18.4 Å². The molecule has 0 aliphatic carbocycles. The summed E-state index contributed by atoms with van der Waals surface area (Å²) in [6.45, 7) is 3.23. The van der Waals surface area contributed by atoms with Gasteiger partial charge in [0.25, 0.3) is 6.01 Å². The molecule has 6 nitrogen and oxygen atoms in total. The van der Waals surface area contributed by atoms with E-state index in [1.54, 1.807) is 0 Å². The number of hydrogen-bond donors (Lipinski definition) is 2. The Kier molecular flexibility index (Phi) is 6.28. The van der Waals surface area contributed by atoms with Crippen molar-refractivity contribution in [3.63, 3.8) is 0 Å². The van der Waals surface area contributed by atoms with E-state index in [-0.39, 0.29) is 0 Å². The molecule has 4 aromatic rings. The molecule has 0 spiro atoms. The number of aliphatic hydroxyl groups is 1. The molecule has 0 bridgehead atoms. The van der Waals surface area contributed by atoms with Crippen LogP contribution in [-0.2, 0) is 6.42 Å². The van der Waals surface area contributed by atoms with Gasteiger partial charge in [-0.25, -0.2) is 0 Å². The van der Waals surface area contributed by atoms with Crippen molar-refractivity contribution < 1.29 is 14.6 Å². The lowest BCUT2D eigenvalue weighted by atomic mass is 9.85. The Morgan fingerprint density at radius 2 is 1.58 bits per heavy atom. The highest BCUT2D eigenvalue weighted by atomic mass is 16.5. The fourth-order valence-electron chi connectivity index (χ4n) is 4.33. The second-order valence-corrected chi connectivity index (χ2v) is 8.71. The third-order valence-electron chi connectivity index (χ3n) is 6.24. The maximum Gasteiger partial charge on any atom is 0.300 e. The zero-order valence-electron chi connectivity index (χ0n) is 18.6. The zero-order valence-corrected chi connectivity index (χ0v) is 18.6. The number of piperidine rings is 1. The van der Waals surface area contributed by atoms with Crippen LogP contribution in [0, 0.1) is 0 Å². The first-order valence-electron chi connectivity index (χ1n) is 11.5. The molecule has 0 unspecified atom stereocenters. The van der Waals surface area contributed by atoms with Crippen LogP contribution >= 0.6 is 0 Å². The van der Waals surface area contributed by atoms with E-state index in [2.05, 4.69) is 27.0 Å². The van der Waals surface area contributed by atoms with Crippen molar-refractivity contribution in [1.29, 1.82) is 0 Å². The number of likely N-dealkylation sites (tertiary alicyclic amines) is 1. The van der Waals surface area contributed by atoms with Crippen LogP contribution in [0.25, 0.3) is 11.0 Å². The predicted molar refractivity (Wildman–Crippen MR) is 129 cm³/mol. The number of rotatable bonds is 8. The van der Waals surface area contributed by atoms with Gasteiger partial charge in [0.05, 0.1) is 16.6 Å². The number of imidazole rings is 1. The van der Waals surface area contributed by atoms with Crippen LogP contribution in [-0.4, -0.2) is 51.8 Å². The summed E-state index contributed by atoms with van der Waals surface area (Å²) in [4.78, 5) is 9.95. The molecule has 1 fully saturated rings. The molecule has 33 heavy (non-hydrogen) atoms. The van der Waals surface area contributed by atoms with Gasteiger partial charge in [0, 0.05) is 26.1 Å². The number of aromatic nitrogens is 2. The van der Waals surface area contributed by atoms with E-state index in [0.29, 0.717) is 18.4 Å². The molecule has 5 rings (SSSR count). The van der Waals surface area contributed by atoms with E-state index in [9.17, 15) is 5.11 Å². The summed E-state index contributed by atoms with van der Waals surface area (Å²) in [7, 11) is 0. The fraction of sp³-hybridized carbons (Fsp3) is 0.296. The van der Waals surface area contributed by atoms with E-state index in [1.165, 1.54) is 5.56 Å². The van der Waals surface area contributed by atoms with Gasteiger partial charge >= 0.3 is 0 Å². The van der Waals surface area contributed by atoms with Crippen molar-refractivity contribution in [3.05, 3.63) is 84.4 Å². The zero-order chi connectivity index (χ0) is 22.5. The number of hydrogen-bond acceptors (Lipinski definition) is 5. The summed E-state index contributed by atoms with van der Waals surface area (Å²) in [6, 6.07) is 26.1. The number of H-pyrrole nitrogens is 1. The van der Waals surface area contributed by atoms with Gasteiger partial charge < -0.3 is 19.6 Å². The summed E-state index contributed by atoms with van der Waals surface area (Å²) < 4.78 is 11.8. The summed E-state index contributed by atoms with van der Waals surface area (Å²) in [5.41, 5.74) is 2.42. The van der Waals surface area contributed by atoms with Crippen molar-refractivity contribution in [2.45, 2.75) is 24.9 Å². The van der Waals surface area contributed by atoms with Crippen LogP contribution in [0.4, 0.5) is 0 Å². The molecule has 0 saturated carbocycles. The van der Waals surface area contributed by atoms with Crippen LogP contribution in [0.5, 0.6) is 17.5 Å². The first kappa shape index (κ1) is 21.5. The van der Waals surface area contributed by atoms with Gasteiger partial charge in [0.15, 0.2) is 0 Å². The molecule has 0 radical (unpaired) electrons. The quantitative estimate of drug-likeness (QED) is 0.409. The minimum atomic E-state index is -0.603. The molecule has 2 N–H and O–H groups in total. The first-order valence-corrected chi connectivity index (χ1v) is 11.5. The molecular formula is C27H29N3O3. The van der Waals surface area contributed by atoms with Gasteiger partial charge in [0.1, 0.15) is 18.1 Å². The third-order valence-corrected chi connectivity index (χ3v) is 6.24. The molecule has 1 aliphatic rings. The summed E-state index contributed by atoms with van der Waals surface area (Å²) in [5.74, 6) is 1.51. The van der Waals surface area contributed by atoms with Crippen molar-refractivity contribution in [2.24, 2.45) is 0 Å². The molecule has 170 valence electrons. The number of para-hydroxylation sites is 2. The lowest BCUT2D eigenvalue weighted by Gasteiger charge is -2.38. The Bertz CT molecular complexity index is 1130. The number of aromatic amines is 1. The molecule has 1 saturated heterocycles. The van der Waals surface area contributed by atoms with Crippen LogP contribution in [0.2, 0.25) is 0 Å². The highest BCUT2D eigenvalue weighted by Gasteiger charge is 2.32. The smallest absolute Gasteiger partial charge is 0.300 e. The molecule has 1 aromatic heterocycles. The number of fused-ring (bicyclic) bond motifs is 1. The standard InChI is InChI=1S/C27H29N3O3/c31-27(20-21-6-2-1-3-7-21)14-16-30(17-15-27)18-19-32-22-10-12-23(13-11-22)33-26-28-24-8-4-5-9-25(24)29-26/h1-13,31H,14-20H2,(H,28,29). The van der Waals surface area contributed by atoms with E-state index < -0.39 is 5.60 Å². The maximum absolute atomic E-state index is 10.9. The molecule has 3 aromatic carbocycles. The van der Waals surface area contributed by atoms with E-state index >= 15 is 0 Å². The number of ether oxygens (including phenoxy) is 2. The lowest BCUT2D eigenvalue weighted by Crippen LogP contribution is -2.46. The fourth-order valence-corrected chi connectivity index (χ4v) is 4.33. The highest BCUT2D eigenvalue weighted by molar-refractivity contribution is 5.75. The molecular weight excluding hydrogens is 414 g/mol. The van der Waals surface area contributed by atoms with Crippen LogP contribution < -0.4 is 9.47 Å². The van der Waals surface area contributed by atoms with Crippen molar-refractivity contribution in [3.8, 4) is 17.5 Å². The van der Waals surface area contributed by atoms with Gasteiger partial charge in [-0.2, -0.15) is 4.98 Å². The predicted octanol–water partition coefficient (Wildman–Crippen LogP) is 4.80. The van der Waals surface area contributed by atoms with Gasteiger partial charge in [-0.15, -0.1) is 0 Å². The Hall–Kier alpha value is -3.35. The summed E-state index contributed by atoms with van der Waals surface area (Å²) in [5, 5.41) is 10.9. The lowest BCUT2D eigenvalue weighted by molar-refractivity contribution is -0.0226. The number of nitrogens with zero attached hydrogens (tertiary/aromatic N) is 2. The Labute approximate surface area is 193 Å². The first-order chi connectivity index (χ1) is 16.2. The molecule has 0 amide bonds. The Morgan fingerprint density at radius 3 is 2.33 bits per heavy atom. The van der Waals surface area contributed by atoms with Crippen molar-refractivity contribution in [1.82, 2.24) is 14.9 Å². The van der Waals surface area contributed by atoms with E-state index in [4.69, 9.17) is 9.47 Å². The van der Waals surface area contributed by atoms with Crippen LogP contribution in [0.15, 0.2) is 78.9 Å². The number of nitrogens with one attached hydrogen (secondary N) is 1. The number of benzene rings is 3. The molecule has 1 aliphatic heterocycles.